The molecule has 0 saturated carbocycles. The molecule has 0 heterocycles. The Bertz CT molecular complexity index is 1180. The molecule has 1 nitrogen and oxygen atoms in total. The van der Waals surface area contributed by atoms with E-state index in [9.17, 15) is 17.6 Å². The number of benzene rings is 4. The maximum absolute atomic E-state index is 14.3. The molecule has 0 aliphatic rings. The molecule has 0 spiro atoms. The first-order chi connectivity index (χ1) is 14.4. The predicted molar refractivity (Wildman–Crippen MR) is 111 cm³/mol. The Hall–Kier alpha value is -3.34. The minimum atomic E-state index is -4.71. The van der Waals surface area contributed by atoms with Gasteiger partial charge in [0.25, 0.3) is 0 Å². The summed E-state index contributed by atoms with van der Waals surface area (Å²) in [6, 6.07) is 22.5. The highest BCUT2D eigenvalue weighted by Gasteiger charge is 2.34. The Morgan fingerprint density at radius 2 is 1.23 bits per heavy atom. The number of hydrogen-bond acceptors (Lipinski definition) is 1. The second-order valence-electron chi connectivity index (χ2n) is 6.90. The fraction of sp³-hybridized carbons (Fsp3) is 0.120. The Kier molecular flexibility index (Phi) is 5.20. The lowest BCUT2D eigenvalue weighted by molar-refractivity contribution is -0.139. The molecule has 0 N–H and O–H groups in total. The number of rotatable bonds is 4. The molecule has 0 aromatic heterocycles. The zero-order valence-electron chi connectivity index (χ0n) is 16.1. The summed E-state index contributed by atoms with van der Waals surface area (Å²) >= 11 is 0. The first-order valence-electron chi connectivity index (χ1n) is 9.50. The van der Waals surface area contributed by atoms with Gasteiger partial charge in [0.15, 0.2) is 0 Å². The highest BCUT2D eigenvalue weighted by molar-refractivity contribution is 5.88. The number of fused-ring (bicyclic) bond motifs is 1. The minimum absolute atomic E-state index is 0.0421. The molecule has 0 saturated heterocycles. The van der Waals surface area contributed by atoms with Crippen LogP contribution in [-0.2, 0) is 6.18 Å². The number of alkyl halides is 3. The first kappa shape index (κ1) is 20.0. The van der Waals surface area contributed by atoms with E-state index in [1.807, 2.05) is 55.5 Å². The van der Waals surface area contributed by atoms with Gasteiger partial charge in [-0.2, -0.15) is 13.2 Å². The van der Waals surface area contributed by atoms with E-state index in [-0.39, 0.29) is 5.39 Å². The van der Waals surface area contributed by atoms with E-state index in [1.165, 1.54) is 12.1 Å². The zero-order chi connectivity index (χ0) is 21.3. The fourth-order valence-electron chi connectivity index (χ4n) is 3.46. The minimum Gasteiger partial charge on any atom is -0.494 e. The van der Waals surface area contributed by atoms with E-state index < -0.39 is 17.6 Å². The van der Waals surface area contributed by atoms with Crippen LogP contribution in [0.3, 0.4) is 0 Å². The highest BCUT2D eigenvalue weighted by atomic mass is 19.4. The van der Waals surface area contributed by atoms with E-state index >= 15 is 0 Å². The summed E-state index contributed by atoms with van der Waals surface area (Å²) in [5.41, 5.74) is 2.53. The predicted octanol–water partition coefficient (Wildman–Crippen LogP) is 7.73. The molecule has 4 aromatic rings. The first-order valence-corrected chi connectivity index (χ1v) is 9.50. The van der Waals surface area contributed by atoms with Gasteiger partial charge in [-0.1, -0.05) is 54.6 Å². The van der Waals surface area contributed by atoms with Gasteiger partial charge in [0, 0.05) is 5.39 Å². The largest absolute Gasteiger partial charge is 0.494 e. The molecule has 4 rings (SSSR count). The standard InChI is InChI=1S/C25H18F4O/c1-2-30-21-11-7-17(8-12-21)16-3-5-18(6-4-16)19-9-13-22-20(15-19)10-14-23(24(22)26)25(27,28)29/h3-15H,2H2,1H3. The van der Waals surface area contributed by atoms with E-state index in [0.29, 0.717) is 12.0 Å². The van der Waals surface area contributed by atoms with Crippen molar-refractivity contribution in [3.05, 3.63) is 90.2 Å². The normalized spacial score (nSPS) is 11.6. The third-order valence-electron chi connectivity index (χ3n) is 4.98. The van der Waals surface area contributed by atoms with Gasteiger partial charge >= 0.3 is 6.18 Å². The number of hydrogen-bond donors (Lipinski definition) is 0. The van der Waals surface area contributed by atoms with Crippen LogP contribution in [0.25, 0.3) is 33.0 Å². The topological polar surface area (TPSA) is 9.23 Å². The molecule has 30 heavy (non-hydrogen) atoms. The molecule has 0 aliphatic heterocycles. The molecular weight excluding hydrogens is 392 g/mol. The Morgan fingerprint density at radius 3 is 1.80 bits per heavy atom. The maximum Gasteiger partial charge on any atom is 0.419 e. The molecule has 0 fully saturated rings. The van der Waals surface area contributed by atoms with Crippen LogP contribution in [0.5, 0.6) is 5.75 Å². The van der Waals surface area contributed by atoms with Crippen LogP contribution in [0.1, 0.15) is 12.5 Å². The van der Waals surface area contributed by atoms with Crippen LogP contribution in [0.15, 0.2) is 78.9 Å². The van der Waals surface area contributed by atoms with Crippen LogP contribution < -0.4 is 4.74 Å². The summed E-state index contributed by atoms with van der Waals surface area (Å²) in [7, 11) is 0. The van der Waals surface area contributed by atoms with Gasteiger partial charge in [-0.25, -0.2) is 4.39 Å². The molecule has 4 aromatic carbocycles. The zero-order valence-corrected chi connectivity index (χ0v) is 16.1. The van der Waals surface area contributed by atoms with Crippen molar-refractivity contribution in [1.29, 1.82) is 0 Å². The smallest absolute Gasteiger partial charge is 0.419 e. The van der Waals surface area contributed by atoms with Crippen LogP contribution >= 0.6 is 0 Å². The molecule has 0 amide bonds. The van der Waals surface area contributed by atoms with Crippen molar-refractivity contribution in [3.63, 3.8) is 0 Å². The van der Waals surface area contributed by atoms with Gasteiger partial charge in [0.2, 0.25) is 0 Å². The lowest BCUT2D eigenvalue weighted by Gasteiger charge is -2.11. The molecule has 0 aliphatic carbocycles. The third kappa shape index (κ3) is 3.88. The van der Waals surface area contributed by atoms with Crippen LogP contribution in [0.4, 0.5) is 17.6 Å². The van der Waals surface area contributed by atoms with E-state index in [1.54, 1.807) is 12.1 Å². The molecular formula is C25H18F4O. The third-order valence-corrected chi connectivity index (χ3v) is 4.98. The van der Waals surface area contributed by atoms with Crippen LogP contribution in [0, 0.1) is 5.82 Å². The summed E-state index contributed by atoms with van der Waals surface area (Å²) in [6.45, 7) is 2.55. The van der Waals surface area contributed by atoms with Gasteiger partial charge in [-0.3, -0.25) is 0 Å². The summed E-state index contributed by atoms with van der Waals surface area (Å²) in [6.07, 6.45) is -4.71. The molecule has 0 unspecified atom stereocenters. The summed E-state index contributed by atoms with van der Waals surface area (Å²) in [4.78, 5) is 0. The second kappa shape index (κ2) is 7.82. The van der Waals surface area contributed by atoms with Gasteiger partial charge in [-0.15, -0.1) is 0 Å². The molecule has 152 valence electrons. The highest BCUT2D eigenvalue weighted by Crippen LogP contribution is 2.36. The average Bonchev–Trinajstić information content (AvgIpc) is 2.74. The van der Waals surface area contributed by atoms with Crippen molar-refractivity contribution in [2.75, 3.05) is 6.61 Å². The van der Waals surface area contributed by atoms with Crippen LogP contribution in [0.2, 0.25) is 0 Å². The summed E-state index contributed by atoms with van der Waals surface area (Å²) < 4.78 is 58.5. The van der Waals surface area contributed by atoms with Gasteiger partial charge in [0.05, 0.1) is 12.2 Å². The Labute approximate surface area is 171 Å². The van der Waals surface area contributed by atoms with Crippen LogP contribution in [-0.4, -0.2) is 6.61 Å². The monoisotopic (exact) mass is 410 g/mol. The second-order valence-corrected chi connectivity index (χ2v) is 6.90. The van der Waals surface area contributed by atoms with E-state index in [4.69, 9.17) is 4.74 Å². The van der Waals surface area contributed by atoms with Crippen molar-refractivity contribution in [2.24, 2.45) is 0 Å². The molecule has 0 radical (unpaired) electrons. The molecule has 0 atom stereocenters. The van der Waals surface area contributed by atoms with Gasteiger partial charge < -0.3 is 4.74 Å². The Balaban J connectivity index is 1.64. The maximum atomic E-state index is 14.3. The Morgan fingerprint density at radius 1 is 0.700 bits per heavy atom. The quantitative estimate of drug-likeness (QED) is 0.313. The molecule has 5 heteroatoms. The van der Waals surface area contributed by atoms with Crippen molar-refractivity contribution in [3.8, 4) is 28.0 Å². The van der Waals surface area contributed by atoms with Crippen molar-refractivity contribution < 1.29 is 22.3 Å². The van der Waals surface area contributed by atoms with Gasteiger partial charge in [0.1, 0.15) is 11.6 Å². The van der Waals surface area contributed by atoms with Crippen molar-refractivity contribution in [1.82, 2.24) is 0 Å². The average molecular weight is 410 g/mol. The number of ether oxygens (including phenoxy) is 1. The number of halogens is 4. The SMILES string of the molecule is CCOc1ccc(-c2ccc(-c3ccc4c(F)c(C(F)(F)F)ccc4c3)cc2)cc1. The summed E-state index contributed by atoms with van der Waals surface area (Å²) in [5, 5.41) is 0.383. The molecule has 0 bridgehead atoms. The van der Waals surface area contributed by atoms with Crippen molar-refractivity contribution >= 4 is 10.8 Å². The van der Waals surface area contributed by atoms with Crippen molar-refractivity contribution in [2.45, 2.75) is 13.1 Å². The lowest BCUT2D eigenvalue weighted by Crippen LogP contribution is -2.08. The van der Waals surface area contributed by atoms with E-state index in [2.05, 4.69) is 0 Å². The van der Waals surface area contributed by atoms with E-state index in [0.717, 1.165) is 34.1 Å². The lowest BCUT2D eigenvalue weighted by atomic mass is 9.97. The fourth-order valence-corrected chi connectivity index (χ4v) is 3.46. The summed E-state index contributed by atoms with van der Waals surface area (Å²) in [5.74, 6) is -0.424. The van der Waals surface area contributed by atoms with Gasteiger partial charge in [-0.05, 0) is 58.8 Å².